The number of hydrogen-bond donors (Lipinski definition) is 1. The largest absolute Gasteiger partial charge is 0.381 e. The van der Waals surface area contributed by atoms with Crippen LogP contribution in [0.5, 0.6) is 0 Å². The van der Waals surface area contributed by atoms with Crippen molar-refractivity contribution in [1.29, 1.82) is 0 Å². The minimum absolute atomic E-state index is 0.212. The Bertz CT molecular complexity index is 209. The van der Waals surface area contributed by atoms with Gasteiger partial charge >= 0.3 is 0 Å². The van der Waals surface area contributed by atoms with Crippen molar-refractivity contribution in [2.45, 2.75) is 39.3 Å². The van der Waals surface area contributed by atoms with Gasteiger partial charge in [0.2, 0.25) is 5.91 Å². The van der Waals surface area contributed by atoms with Gasteiger partial charge in [0.05, 0.1) is 13.0 Å². The number of nitrogens with one attached hydrogen (secondary N) is 1. The van der Waals surface area contributed by atoms with Crippen molar-refractivity contribution in [1.82, 2.24) is 10.2 Å². The zero-order valence-electron chi connectivity index (χ0n) is 9.95. The topological polar surface area (TPSA) is 41.6 Å². The molecule has 1 amide bonds. The van der Waals surface area contributed by atoms with Crippen molar-refractivity contribution >= 4 is 5.91 Å². The van der Waals surface area contributed by atoms with Gasteiger partial charge in [0.25, 0.3) is 0 Å². The molecule has 0 bridgehead atoms. The number of carbonyl (C=O) groups is 1. The van der Waals surface area contributed by atoms with E-state index in [0.29, 0.717) is 25.7 Å². The Balaban J connectivity index is 2.37. The van der Waals surface area contributed by atoms with Crippen molar-refractivity contribution < 1.29 is 9.53 Å². The van der Waals surface area contributed by atoms with Gasteiger partial charge in [0, 0.05) is 31.8 Å². The summed E-state index contributed by atoms with van der Waals surface area (Å²) in [6, 6.07) is 0.669. The molecule has 1 heterocycles. The van der Waals surface area contributed by atoms with E-state index in [4.69, 9.17) is 4.74 Å². The highest BCUT2D eigenvalue weighted by atomic mass is 16.5. The maximum Gasteiger partial charge on any atom is 0.225 e. The lowest BCUT2D eigenvalue weighted by molar-refractivity contribution is -0.135. The number of rotatable bonds is 4. The van der Waals surface area contributed by atoms with Gasteiger partial charge in [-0.3, -0.25) is 4.79 Å². The molecule has 0 radical (unpaired) electrons. The molecule has 2 unspecified atom stereocenters. The predicted molar refractivity (Wildman–Crippen MR) is 59.7 cm³/mol. The Morgan fingerprint density at radius 3 is 2.93 bits per heavy atom. The predicted octanol–water partition coefficient (Wildman–Crippen LogP) is 0.622. The number of ether oxygens (including phenoxy) is 1. The van der Waals surface area contributed by atoms with Crippen LogP contribution in [0.15, 0.2) is 0 Å². The molecule has 2 atom stereocenters. The second kappa shape index (κ2) is 6.08. The monoisotopic (exact) mass is 214 g/mol. The lowest BCUT2D eigenvalue weighted by Crippen LogP contribution is -2.57. The molecule has 0 aliphatic carbocycles. The summed E-state index contributed by atoms with van der Waals surface area (Å²) in [5.74, 6) is 0.212. The van der Waals surface area contributed by atoms with E-state index < -0.39 is 0 Å². The summed E-state index contributed by atoms with van der Waals surface area (Å²) in [5, 5.41) is 3.36. The fourth-order valence-corrected chi connectivity index (χ4v) is 1.86. The summed E-state index contributed by atoms with van der Waals surface area (Å²) in [6.45, 7) is 9.09. The standard InChI is InChI=1S/C11H22N2O2/c1-4-15-8-5-11(14)13-7-6-12-9(2)10(13)3/h9-10,12H,4-8H2,1-3H3. The first kappa shape index (κ1) is 12.5. The van der Waals surface area contributed by atoms with Crippen LogP contribution in [0, 0.1) is 0 Å². The van der Waals surface area contributed by atoms with E-state index in [1.54, 1.807) is 0 Å². The molecular weight excluding hydrogens is 192 g/mol. The lowest BCUT2D eigenvalue weighted by Gasteiger charge is -2.38. The van der Waals surface area contributed by atoms with Gasteiger partial charge in [-0.05, 0) is 20.8 Å². The Labute approximate surface area is 92.0 Å². The van der Waals surface area contributed by atoms with Gasteiger partial charge < -0.3 is 15.0 Å². The highest BCUT2D eigenvalue weighted by Gasteiger charge is 2.27. The second-order valence-corrected chi connectivity index (χ2v) is 4.02. The Hall–Kier alpha value is -0.610. The number of piperazine rings is 1. The maximum absolute atomic E-state index is 11.8. The van der Waals surface area contributed by atoms with Gasteiger partial charge in [-0.15, -0.1) is 0 Å². The molecule has 15 heavy (non-hydrogen) atoms. The molecule has 0 saturated carbocycles. The second-order valence-electron chi connectivity index (χ2n) is 4.02. The summed E-state index contributed by atoms with van der Waals surface area (Å²) in [5.41, 5.74) is 0. The van der Waals surface area contributed by atoms with Gasteiger partial charge in [0.1, 0.15) is 0 Å². The van der Waals surface area contributed by atoms with E-state index in [9.17, 15) is 4.79 Å². The summed E-state index contributed by atoms with van der Waals surface area (Å²) < 4.78 is 5.19. The third-order valence-corrected chi connectivity index (χ3v) is 3.02. The van der Waals surface area contributed by atoms with Crippen LogP contribution in [0.25, 0.3) is 0 Å². The van der Waals surface area contributed by atoms with Crippen molar-refractivity contribution in [3.63, 3.8) is 0 Å². The van der Waals surface area contributed by atoms with E-state index in [2.05, 4.69) is 19.2 Å². The molecule has 1 rings (SSSR count). The van der Waals surface area contributed by atoms with Crippen LogP contribution in [-0.4, -0.2) is 49.2 Å². The van der Waals surface area contributed by atoms with Crippen molar-refractivity contribution in [2.75, 3.05) is 26.3 Å². The molecule has 1 aliphatic rings. The first-order valence-electron chi connectivity index (χ1n) is 5.77. The van der Waals surface area contributed by atoms with E-state index in [1.807, 2.05) is 11.8 Å². The fourth-order valence-electron chi connectivity index (χ4n) is 1.86. The zero-order chi connectivity index (χ0) is 11.3. The van der Waals surface area contributed by atoms with Gasteiger partial charge in [-0.1, -0.05) is 0 Å². The number of hydrogen-bond acceptors (Lipinski definition) is 3. The van der Waals surface area contributed by atoms with Gasteiger partial charge in [-0.25, -0.2) is 0 Å². The quantitative estimate of drug-likeness (QED) is 0.698. The summed E-state index contributed by atoms with van der Waals surface area (Å²) in [4.78, 5) is 13.8. The van der Waals surface area contributed by atoms with E-state index >= 15 is 0 Å². The van der Waals surface area contributed by atoms with Gasteiger partial charge in [0.15, 0.2) is 0 Å². The van der Waals surface area contributed by atoms with Crippen LogP contribution in [-0.2, 0) is 9.53 Å². The smallest absolute Gasteiger partial charge is 0.225 e. The SMILES string of the molecule is CCOCCC(=O)N1CCNC(C)C1C. The van der Waals surface area contributed by atoms with Gasteiger partial charge in [-0.2, -0.15) is 0 Å². The first-order chi connectivity index (χ1) is 7.16. The Morgan fingerprint density at radius 2 is 2.27 bits per heavy atom. The minimum Gasteiger partial charge on any atom is -0.381 e. The van der Waals surface area contributed by atoms with Crippen LogP contribution in [0.2, 0.25) is 0 Å². The van der Waals surface area contributed by atoms with E-state index in [1.165, 1.54) is 0 Å². The Morgan fingerprint density at radius 1 is 1.53 bits per heavy atom. The average molecular weight is 214 g/mol. The van der Waals surface area contributed by atoms with Crippen molar-refractivity contribution in [2.24, 2.45) is 0 Å². The molecule has 4 heteroatoms. The number of nitrogens with zero attached hydrogens (tertiary/aromatic N) is 1. The molecule has 4 nitrogen and oxygen atoms in total. The molecule has 0 aromatic rings. The highest BCUT2D eigenvalue weighted by molar-refractivity contribution is 5.76. The summed E-state index contributed by atoms with van der Waals surface area (Å²) in [7, 11) is 0. The molecule has 1 aliphatic heterocycles. The highest BCUT2D eigenvalue weighted by Crippen LogP contribution is 2.10. The average Bonchev–Trinajstić information content (AvgIpc) is 2.22. The molecular formula is C11H22N2O2. The van der Waals surface area contributed by atoms with Crippen LogP contribution in [0.4, 0.5) is 0 Å². The summed E-state index contributed by atoms with van der Waals surface area (Å²) in [6.07, 6.45) is 0.505. The maximum atomic E-state index is 11.8. The number of amides is 1. The molecule has 1 N–H and O–H groups in total. The molecule has 0 spiro atoms. The molecule has 1 fully saturated rings. The zero-order valence-corrected chi connectivity index (χ0v) is 9.95. The van der Waals surface area contributed by atoms with E-state index in [0.717, 1.165) is 13.1 Å². The normalized spacial score (nSPS) is 26.7. The molecule has 0 aromatic heterocycles. The lowest BCUT2D eigenvalue weighted by atomic mass is 10.1. The third kappa shape index (κ3) is 3.47. The van der Waals surface area contributed by atoms with Crippen molar-refractivity contribution in [3.05, 3.63) is 0 Å². The third-order valence-electron chi connectivity index (χ3n) is 3.02. The van der Waals surface area contributed by atoms with Crippen molar-refractivity contribution in [3.8, 4) is 0 Å². The molecule has 1 saturated heterocycles. The molecule has 0 aromatic carbocycles. The number of carbonyl (C=O) groups excluding carboxylic acids is 1. The van der Waals surface area contributed by atoms with Crippen LogP contribution in [0.3, 0.4) is 0 Å². The summed E-state index contributed by atoms with van der Waals surface area (Å²) >= 11 is 0. The van der Waals surface area contributed by atoms with E-state index in [-0.39, 0.29) is 11.9 Å². The fraction of sp³-hybridized carbons (Fsp3) is 0.909. The van der Waals surface area contributed by atoms with Crippen LogP contribution in [0.1, 0.15) is 27.2 Å². The minimum atomic E-state index is 0.212. The molecule has 88 valence electrons. The Kier molecular flexibility index (Phi) is 5.05. The van der Waals surface area contributed by atoms with Crippen LogP contribution < -0.4 is 5.32 Å². The van der Waals surface area contributed by atoms with Crippen LogP contribution >= 0.6 is 0 Å². The first-order valence-corrected chi connectivity index (χ1v) is 5.77.